The van der Waals surface area contributed by atoms with Gasteiger partial charge in [-0.2, -0.15) is 0 Å². The summed E-state index contributed by atoms with van der Waals surface area (Å²) in [6.07, 6.45) is 2.59. The SMILES string of the molecule is CCC(O)(CN)CCCOC(C)C. The molecule has 0 saturated carbocycles. The Morgan fingerprint density at radius 3 is 2.46 bits per heavy atom. The molecule has 3 heteroatoms. The van der Waals surface area contributed by atoms with Gasteiger partial charge in [0.2, 0.25) is 0 Å². The van der Waals surface area contributed by atoms with Crippen LogP contribution in [0.4, 0.5) is 0 Å². The topological polar surface area (TPSA) is 55.5 Å². The Morgan fingerprint density at radius 1 is 1.46 bits per heavy atom. The molecule has 0 heterocycles. The number of hydrogen-bond acceptors (Lipinski definition) is 3. The fourth-order valence-electron chi connectivity index (χ4n) is 1.14. The summed E-state index contributed by atoms with van der Waals surface area (Å²) in [5.74, 6) is 0. The Labute approximate surface area is 81.3 Å². The monoisotopic (exact) mass is 189 g/mol. The quantitative estimate of drug-likeness (QED) is 0.593. The first kappa shape index (κ1) is 12.9. The van der Waals surface area contributed by atoms with Crippen molar-refractivity contribution in [3.63, 3.8) is 0 Å². The zero-order valence-corrected chi connectivity index (χ0v) is 9.05. The summed E-state index contributed by atoms with van der Waals surface area (Å²) >= 11 is 0. The predicted molar refractivity (Wildman–Crippen MR) is 54.6 cm³/mol. The van der Waals surface area contributed by atoms with Crippen molar-refractivity contribution >= 4 is 0 Å². The smallest absolute Gasteiger partial charge is 0.0767 e. The molecule has 0 aromatic carbocycles. The molecule has 0 fully saturated rings. The van der Waals surface area contributed by atoms with Crippen LogP contribution < -0.4 is 5.73 Å². The van der Waals surface area contributed by atoms with Gasteiger partial charge in [-0.15, -0.1) is 0 Å². The number of ether oxygens (including phenoxy) is 1. The van der Waals surface area contributed by atoms with Gasteiger partial charge < -0.3 is 15.6 Å². The first-order valence-corrected chi connectivity index (χ1v) is 5.08. The molecule has 0 rings (SSSR count). The third kappa shape index (κ3) is 6.02. The molecule has 1 unspecified atom stereocenters. The maximum absolute atomic E-state index is 9.81. The zero-order chi connectivity index (χ0) is 10.3. The van der Waals surface area contributed by atoms with Crippen LogP contribution in [0.1, 0.15) is 40.0 Å². The number of aliphatic hydroxyl groups is 1. The third-order valence-electron chi connectivity index (χ3n) is 2.28. The molecule has 0 aromatic rings. The fourth-order valence-corrected chi connectivity index (χ4v) is 1.14. The van der Waals surface area contributed by atoms with Crippen LogP contribution in [0.25, 0.3) is 0 Å². The zero-order valence-electron chi connectivity index (χ0n) is 9.05. The summed E-state index contributed by atoms with van der Waals surface area (Å²) in [6, 6.07) is 0. The minimum Gasteiger partial charge on any atom is -0.389 e. The van der Waals surface area contributed by atoms with Gasteiger partial charge in [0.1, 0.15) is 0 Å². The number of nitrogens with two attached hydrogens (primary N) is 1. The van der Waals surface area contributed by atoms with E-state index in [9.17, 15) is 5.11 Å². The Bertz CT molecular complexity index is 122. The highest BCUT2D eigenvalue weighted by molar-refractivity contribution is 4.77. The van der Waals surface area contributed by atoms with Crippen molar-refractivity contribution in [2.75, 3.05) is 13.2 Å². The minimum absolute atomic E-state index is 0.271. The van der Waals surface area contributed by atoms with E-state index in [-0.39, 0.29) is 6.10 Å². The molecule has 3 nitrogen and oxygen atoms in total. The Hall–Kier alpha value is -0.120. The van der Waals surface area contributed by atoms with Crippen LogP contribution in [-0.2, 0) is 4.74 Å². The van der Waals surface area contributed by atoms with Gasteiger partial charge in [0.25, 0.3) is 0 Å². The molecule has 13 heavy (non-hydrogen) atoms. The summed E-state index contributed by atoms with van der Waals surface area (Å²) < 4.78 is 5.37. The van der Waals surface area contributed by atoms with Crippen molar-refractivity contribution in [3.05, 3.63) is 0 Å². The van der Waals surface area contributed by atoms with Gasteiger partial charge in [-0.25, -0.2) is 0 Å². The molecule has 0 spiro atoms. The molecule has 0 amide bonds. The van der Waals surface area contributed by atoms with Crippen LogP contribution in [0.2, 0.25) is 0 Å². The van der Waals surface area contributed by atoms with Crippen LogP contribution in [0.3, 0.4) is 0 Å². The standard InChI is InChI=1S/C10H23NO2/c1-4-10(12,8-11)6-5-7-13-9(2)3/h9,12H,4-8,11H2,1-3H3. The first-order chi connectivity index (χ1) is 6.04. The van der Waals surface area contributed by atoms with E-state index in [0.29, 0.717) is 19.6 Å². The van der Waals surface area contributed by atoms with Gasteiger partial charge in [-0.1, -0.05) is 6.92 Å². The summed E-state index contributed by atoms with van der Waals surface area (Å²) in [7, 11) is 0. The molecular formula is C10H23NO2. The number of rotatable bonds is 7. The molecule has 1 atom stereocenters. The Balaban J connectivity index is 3.50. The predicted octanol–water partition coefficient (Wildman–Crippen LogP) is 1.29. The first-order valence-electron chi connectivity index (χ1n) is 5.08. The van der Waals surface area contributed by atoms with Gasteiger partial charge in [-0.3, -0.25) is 0 Å². The molecule has 0 aromatic heterocycles. The molecule has 0 aliphatic heterocycles. The molecule has 0 bridgehead atoms. The Morgan fingerprint density at radius 2 is 2.08 bits per heavy atom. The molecule has 80 valence electrons. The second kappa shape index (κ2) is 6.35. The summed E-state index contributed by atoms with van der Waals surface area (Å²) in [5.41, 5.74) is 4.79. The molecule has 3 N–H and O–H groups in total. The lowest BCUT2D eigenvalue weighted by atomic mass is 9.95. The maximum atomic E-state index is 9.81. The molecule has 0 aliphatic carbocycles. The van der Waals surface area contributed by atoms with E-state index < -0.39 is 5.60 Å². The molecular weight excluding hydrogens is 166 g/mol. The minimum atomic E-state index is -0.680. The van der Waals surface area contributed by atoms with Crippen molar-refractivity contribution in [3.8, 4) is 0 Å². The summed E-state index contributed by atoms with van der Waals surface area (Å²) in [5, 5.41) is 9.81. The van der Waals surface area contributed by atoms with E-state index >= 15 is 0 Å². The largest absolute Gasteiger partial charge is 0.389 e. The lowest BCUT2D eigenvalue weighted by Crippen LogP contribution is -2.37. The van der Waals surface area contributed by atoms with E-state index in [1.165, 1.54) is 0 Å². The second-order valence-electron chi connectivity index (χ2n) is 3.81. The summed E-state index contributed by atoms with van der Waals surface area (Å²) in [4.78, 5) is 0. The lowest BCUT2D eigenvalue weighted by Gasteiger charge is -2.24. The third-order valence-corrected chi connectivity index (χ3v) is 2.28. The van der Waals surface area contributed by atoms with E-state index in [0.717, 1.165) is 12.8 Å². The van der Waals surface area contributed by atoms with Gasteiger partial charge in [0, 0.05) is 13.2 Å². The van der Waals surface area contributed by atoms with E-state index in [1.807, 2.05) is 20.8 Å². The second-order valence-corrected chi connectivity index (χ2v) is 3.81. The normalized spacial score (nSPS) is 16.2. The van der Waals surface area contributed by atoms with E-state index in [2.05, 4.69) is 0 Å². The average molecular weight is 189 g/mol. The van der Waals surface area contributed by atoms with Crippen LogP contribution in [-0.4, -0.2) is 30.0 Å². The van der Waals surface area contributed by atoms with E-state index in [1.54, 1.807) is 0 Å². The van der Waals surface area contributed by atoms with Crippen LogP contribution >= 0.6 is 0 Å². The van der Waals surface area contributed by atoms with Crippen molar-refractivity contribution in [2.45, 2.75) is 51.7 Å². The summed E-state index contributed by atoms with van der Waals surface area (Å²) in [6.45, 7) is 7.02. The van der Waals surface area contributed by atoms with Gasteiger partial charge in [-0.05, 0) is 33.1 Å². The highest BCUT2D eigenvalue weighted by atomic mass is 16.5. The van der Waals surface area contributed by atoms with Crippen molar-refractivity contribution in [1.29, 1.82) is 0 Å². The van der Waals surface area contributed by atoms with Gasteiger partial charge in [0.15, 0.2) is 0 Å². The highest BCUT2D eigenvalue weighted by Crippen LogP contribution is 2.15. The van der Waals surface area contributed by atoms with Crippen LogP contribution in [0, 0.1) is 0 Å². The molecule has 0 aliphatic rings. The number of hydrogen-bond donors (Lipinski definition) is 2. The van der Waals surface area contributed by atoms with E-state index in [4.69, 9.17) is 10.5 Å². The average Bonchev–Trinajstić information content (AvgIpc) is 2.12. The van der Waals surface area contributed by atoms with Crippen molar-refractivity contribution in [1.82, 2.24) is 0 Å². The van der Waals surface area contributed by atoms with Gasteiger partial charge >= 0.3 is 0 Å². The van der Waals surface area contributed by atoms with Crippen molar-refractivity contribution < 1.29 is 9.84 Å². The molecule has 0 radical (unpaired) electrons. The highest BCUT2D eigenvalue weighted by Gasteiger charge is 2.21. The van der Waals surface area contributed by atoms with Crippen molar-refractivity contribution in [2.24, 2.45) is 5.73 Å². The lowest BCUT2D eigenvalue weighted by molar-refractivity contribution is 0.0156. The van der Waals surface area contributed by atoms with Crippen LogP contribution in [0.15, 0.2) is 0 Å². The van der Waals surface area contributed by atoms with Crippen LogP contribution in [0.5, 0.6) is 0 Å². The van der Waals surface area contributed by atoms with Gasteiger partial charge in [0.05, 0.1) is 11.7 Å². The maximum Gasteiger partial charge on any atom is 0.0767 e. The fraction of sp³-hybridized carbons (Fsp3) is 1.00. The molecule has 0 saturated heterocycles. The Kier molecular flexibility index (Phi) is 6.29.